The maximum Gasteiger partial charge on any atom is 0.217 e. The van der Waals surface area contributed by atoms with Gasteiger partial charge in [0.25, 0.3) is 0 Å². The number of Topliss-reactive ketones (excluding diaryl/α,β-unsaturated/α-hetero) is 1. The third-order valence-corrected chi connectivity index (χ3v) is 2.30. The fraction of sp³-hybridized carbons (Fsp3) is 0.833. The van der Waals surface area contributed by atoms with Crippen LogP contribution in [0.2, 0.25) is 0 Å². The lowest BCUT2D eigenvalue weighted by Crippen LogP contribution is -2.53. The second kappa shape index (κ2) is 4.50. The summed E-state index contributed by atoms with van der Waals surface area (Å²) >= 11 is 9.10. The molecule has 0 aromatic carbocycles. The van der Waals surface area contributed by atoms with Crippen molar-refractivity contribution in [2.24, 2.45) is 0 Å². The number of hydrogen-bond acceptors (Lipinski definition) is 3. The van der Waals surface area contributed by atoms with Crippen LogP contribution in [0.3, 0.4) is 0 Å². The van der Waals surface area contributed by atoms with Gasteiger partial charge >= 0.3 is 0 Å². The highest BCUT2D eigenvalue weighted by atomic mass is 80.0. The van der Waals surface area contributed by atoms with Gasteiger partial charge in [-0.3, -0.25) is 10.1 Å². The molecule has 3 nitrogen and oxygen atoms in total. The van der Waals surface area contributed by atoms with E-state index in [1.165, 1.54) is 6.92 Å². The van der Waals surface area contributed by atoms with Crippen molar-refractivity contribution in [3.05, 3.63) is 0 Å². The van der Waals surface area contributed by atoms with Gasteiger partial charge in [-0.2, -0.15) is 0 Å². The molecule has 1 unspecified atom stereocenters. The molecule has 0 saturated carbocycles. The Morgan fingerprint density at radius 1 is 1.50 bits per heavy atom. The van der Waals surface area contributed by atoms with Crippen molar-refractivity contribution < 1.29 is 9.90 Å². The van der Waals surface area contributed by atoms with E-state index in [-0.39, 0.29) is 0 Å². The zero-order chi connectivity index (χ0) is 9.99. The number of halogens is 3. The lowest BCUT2D eigenvalue weighted by Gasteiger charge is -2.26. The van der Waals surface area contributed by atoms with Crippen LogP contribution in [0.25, 0.3) is 0 Å². The van der Waals surface area contributed by atoms with Crippen LogP contribution >= 0.6 is 47.8 Å². The molecule has 6 heteroatoms. The molecular formula is C6H10Br3NO2. The topological polar surface area (TPSA) is 49.3 Å². The van der Waals surface area contributed by atoms with Crippen LogP contribution in [0.4, 0.5) is 0 Å². The highest BCUT2D eigenvalue weighted by molar-refractivity contribution is 9.40. The second-order valence-corrected chi connectivity index (χ2v) is 9.19. The molecule has 0 bridgehead atoms. The molecule has 72 valence electrons. The summed E-state index contributed by atoms with van der Waals surface area (Å²) in [6.07, 6.45) is 0. The van der Waals surface area contributed by atoms with E-state index in [0.717, 1.165) is 0 Å². The first-order chi connectivity index (χ1) is 5.22. The van der Waals surface area contributed by atoms with Crippen LogP contribution in [0.5, 0.6) is 0 Å². The largest absolute Gasteiger partial charge is 0.369 e. The van der Waals surface area contributed by atoms with Gasteiger partial charge in [-0.15, -0.1) is 0 Å². The molecule has 0 amide bonds. The van der Waals surface area contributed by atoms with Gasteiger partial charge < -0.3 is 5.11 Å². The van der Waals surface area contributed by atoms with E-state index in [0.29, 0.717) is 6.54 Å². The summed E-state index contributed by atoms with van der Waals surface area (Å²) in [6, 6.07) is 0. The first kappa shape index (κ1) is 13.0. The molecule has 1 atom stereocenters. The molecule has 0 aromatic heterocycles. The molecule has 0 rings (SSSR count). The molecule has 12 heavy (non-hydrogen) atoms. The molecule has 0 aliphatic heterocycles. The summed E-state index contributed by atoms with van der Waals surface area (Å²) < 4.78 is -1.07. The summed E-state index contributed by atoms with van der Waals surface area (Å²) in [6.45, 7) is 3.72. The van der Waals surface area contributed by atoms with Crippen LogP contribution in [0.15, 0.2) is 0 Å². The van der Waals surface area contributed by atoms with Gasteiger partial charge in [0.05, 0.1) is 0 Å². The number of carbonyl (C=O) groups excluding carboxylic acids is 1. The number of carbonyl (C=O) groups is 1. The highest BCUT2D eigenvalue weighted by Gasteiger charge is 2.41. The van der Waals surface area contributed by atoms with Crippen molar-refractivity contribution in [1.82, 2.24) is 5.32 Å². The Morgan fingerprint density at radius 3 is 2.17 bits per heavy atom. The zero-order valence-corrected chi connectivity index (χ0v) is 11.5. The molecule has 0 fully saturated rings. The first-order valence-corrected chi connectivity index (χ1v) is 5.68. The monoisotopic (exact) mass is 365 g/mol. The van der Waals surface area contributed by atoms with Gasteiger partial charge in [0.1, 0.15) is 0 Å². The highest BCUT2D eigenvalue weighted by Crippen LogP contribution is 2.37. The normalized spacial score (nSPS) is 17.2. The Morgan fingerprint density at radius 2 is 1.92 bits per heavy atom. The molecule has 0 aliphatic carbocycles. The van der Waals surface area contributed by atoms with Gasteiger partial charge in [-0.1, -0.05) is 54.7 Å². The van der Waals surface area contributed by atoms with E-state index in [1.807, 2.05) is 0 Å². The molecular weight excluding hydrogens is 358 g/mol. The molecule has 0 heterocycles. The summed E-state index contributed by atoms with van der Waals surface area (Å²) in [5, 5.41) is 12.2. The minimum Gasteiger partial charge on any atom is -0.369 e. The maximum atomic E-state index is 11.4. The quantitative estimate of drug-likeness (QED) is 0.590. The average molecular weight is 368 g/mol. The summed E-state index contributed by atoms with van der Waals surface area (Å²) in [5.41, 5.74) is -1.54. The molecule has 0 saturated heterocycles. The van der Waals surface area contributed by atoms with Crippen molar-refractivity contribution >= 4 is 53.6 Å². The molecule has 2 N–H and O–H groups in total. The predicted octanol–water partition coefficient (Wildman–Crippen LogP) is 1.71. The third kappa shape index (κ3) is 3.83. The van der Waals surface area contributed by atoms with Crippen molar-refractivity contribution in [2.75, 3.05) is 6.54 Å². The number of hydrogen-bond donors (Lipinski definition) is 2. The van der Waals surface area contributed by atoms with Crippen LogP contribution in [0.1, 0.15) is 13.8 Å². The SMILES string of the molecule is CCNC(C)(O)C(=O)C(Br)(Br)Br. The Bertz CT molecular complexity index is 176. The maximum absolute atomic E-state index is 11.4. The third-order valence-electron chi connectivity index (χ3n) is 1.22. The first-order valence-electron chi connectivity index (χ1n) is 3.31. The summed E-state index contributed by atoms with van der Waals surface area (Å²) in [5.74, 6) is -0.433. The van der Waals surface area contributed by atoms with Gasteiger partial charge in [0.15, 0.2) is 7.87 Å². The fourth-order valence-electron chi connectivity index (χ4n) is 0.700. The average Bonchev–Trinajstić information content (AvgIpc) is 1.84. The fourth-order valence-corrected chi connectivity index (χ4v) is 1.86. The standard InChI is InChI=1S/C6H10Br3NO2/c1-3-10-5(2,12)4(11)6(7,8)9/h10,12H,3H2,1-2H3. The van der Waals surface area contributed by atoms with E-state index < -0.39 is 13.7 Å². The van der Waals surface area contributed by atoms with E-state index >= 15 is 0 Å². The second-order valence-electron chi connectivity index (χ2n) is 2.43. The van der Waals surface area contributed by atoms with Gasteiger partial charge in [-0.25, -0.2) is 0 Å². The lowest BCUT2D eigenvalue weighted by atomic mass is 10.2. The van der Waals surface area contributed by atoms with Gasteiger partial charge in [0.2, 0.25) is 5.78 Å². The lowest BCUT2D eigenvalue weighted by molar-refractivity contribution is -0.136. The minimum atomic E-state index is -1.54. The smallest absolute Gasteiger partial charge is 0.217 e. The van der Waals surface area contributed by atoms with Crippen LogP contribution in [-0.4, -0.2) is 25.3 Å². The number of likely N-dealkylation sites (N-methyl/N-ethyl adjacent to an activating group) is 1. The zero-order valence-electron chi connectivity index (χ0n) is 6.70. The van der Waals surface area contributed by atoms with E-state index in [1.54, 1.807) is 6.92 Å². The Kier molecular flexibility index (Phi) is 4.89. The predicted molar refractivity (Wildman–Crippen MR) is 58.8 cm³/mol. The number of alkyl halides is 3. The minimum absolute atomic E-state index is 0.433. The van der Waals surface area contributed by atoms with Gasteiger partial charge in [-0.05, 0) is 13.5 Å². The Hall–Kier alpha value is 1.03. The molecule has 0 spiro atoms. The molecule has 0 aromatic rings. The summed E-state index contributed by atoms with van der Waals surface area (Å²) in [7, 11) is 0. The summed E-state index contributed by atoms with van der Waals surface area (Å²) in [4.78, 5) is 11.4. The Balaban J connectivity index is 4.46. The number of rotatable bonds is 3. The molecule has 0 radical (unpaired) electrons. The van der Waals surface area contributed by atoms with Crippen molar-refractivity contribution in [1.29, 1.82) is 0 Å². The van der Waals surface area contributed by atoms with Crippen molar-refractivity contribution in [2.45, 2.75) is 21.7 Å². The van der Waals surface area contributed by atoms with Gasteiger partial charge in [0, 0.05) is 0 Å². The number of aliphatic hydroxyl groups is 1. The van der Waals surface area contributed by atoms with Crippen LogP contribution in [0, 0.1) is 0 Å². The number of nitrogens with one attached hydrogen (secondary N) is 1. The number of ketones is 1. The van der Waals surface area contributed by atoms with E-state index in [9.17, 15) is 9.90 Å². The van der Waals surface area contributed by atoms with Crippen molar-refractivity contribution in [3.8, 4) is 0 Å². The molecule has 0 aliphatic rings. The van der Waals surface area contributed by atoms with Crippen LogP contribution in [-0.2, 0) is 4.79 Å². The van der Waals surface area contributed by atoms with Crippen LogP contribution < -0.4 is 5.32 Å². The van der Waals surface area contributed by atoms with E-state index in [4.69, 9.17) is 0 Å². The van der Waals surface area contributed by atoms with E-state index in [2.05, 4.69) is 53.1 Å². The Labute approximate surface area is 96.7 Å². The van der Waals surface area contributed by atoms with Crippen molar-refractivity contribution in [3.63, 3.8) is 0 Å².